The Bertz CT molecular complexity index is 370. The number of guanidine groups is 1. The summed E-state index contributed by atoms with van der Waals surface area (Å²) in [5.74, 6) is 0.890. The van der Waals surface area contributed by atoms with E-state index in [1.807, 2.05) is 7.05 Å². The van der Waals surface area contributed by atoms with Gasteiger partial charge in [-0.25, -0.2) is 0 Å². The van der Waals surface area contributed by atoms with Crippen molar-refractivity contribution in [1.82, 2.24) is 15.5 Å². The standard InChI is InChI=1S/C16H30N4S/c1-4-10-20(11-5-2)12-7-9-18-16(17-3)19-14-15-8-6-13-21-15/h6,8,13H,4-5,7,9-12,14H2,1-3H3,(H2,17,18,19). The maximum atomic E-state index is 4.26. The first-order valence-electron chi connectivity index (χ1n) is 7.99. The van der Waals surface area contributed by atoms with E-state index < -0.39 is 0 Å². The molecular weight excluding hydrogens is 280 g/mol. The van der Waals surface area contributed by atoms with Gasteiger partial charge < -0.3 is 15.5 Å². The number of rotatable bonds is 10. The maximum Gasteiger partial charge on any atom is 0.191 e. The molecule has 0 aromatic carbocycles. The van der Waals surface area contributed by atoms with E-state index in [0.29, 0.717) is 0 Å². The third-order valence-electron chi connectivity index (χ3n) is 3.26. The van der Waals surface area contributed by atoms with Crippen molar-refractivity contribution in [2.75, 3.05) is 33.2 Å². The van der Waals surface area contributed by atoms with Crippen LogP contribution in [-0.2, 0) is 6.54 Å². The van der Waals surface area contributed by atoms with Gasteiger partial charge in [-0.15, -0.1) is 11.3 Å². The van der Waals surface area contributed by atoms with Crippen molar-refractivity contribution in [3.8, 4) is 0 Å². The highest BCUT2D eigenvalue weighted by molar-refractivity contribution is 7.09. The van der Waals surface area contributed by atoms with Gasteiger partial charge in [0.2, 0.25) is 0 Å². The first-order valence-corrected chi connectivity index (χ1v) is 8.87. The molecule has 0 spiro atoms. The van der Waals surface area contributed by atoms with Gasteiger partial charge in [0.05, 0.1) is 6.54 Å². The van der Waals surface area contributed by atoms with E-state index in [9.17, 15) is 0 Å². The van der Waals surface area contributed by atoms with Gasteiger partial charge in [-0.05, 0) is 50.3 Å². The van der Waals surface area contributed by atoms with Crippen molar-refractivity contribution in [3.63, 3.8) is 0 Å². The molecule has 1 rings (SSSR count). The molecule has 0 amide bonds. The lowest BCUT2D eigenvalue weighted by atomic mass is 10.3. The predicted octanol–water partition coefficient (Wildman–Crippen LogP) is 2.93. The molecule has 5 heteroatoms. The van der Waals surface area contributed by atoms with Crippen LogP contribution in [-0.4, -0.2) is 44.1 Å². The Morgan fingerprint density at radius 3 is 2.52 bits per heavy atom. The van der Waals surface area contributed by atoms with Gasteiger partial charge in [0, 0.05) is 18.5 Å². The fourth-order valence-electron chi connectivity index (χ4n) is 2.28. The first kappa shape index (κ1) is 18.0. The largest absolute Gasteiger partial charge is 0.356 e. The molecule has 4 nitrogen and oxygen atoms in total. The van der Waals surface area contributed by atoms with Gasteiger partial charge in [-0.3, -0.25) is 4.99 Å². The van der Waals surface area contributed by atoms with E-state index >= 15 is 0 Å². The Morgan fingerprint density at radius 2 is 1.95 bits per heavy atom. The van der Waals surface area contributed by atoms with E-state index in [2.05, 4.69) is 51.9 Å². The predicted molar refractivity (Wildman–Crippen MR) is 94.2 cm³/mol. The van der Waals surface area contributed by atoms with Crippen molar-refractivity contribution < 1.29 is 0 Å². The molecule has 0 bridgehead atoms. The second kappa shape index (κ2) is 11.6. The fourth-order valence-corrected chi connectivity index (χ4v) is 2.93. The van der Waals surface area contributed by atoms with Crippen LogP contribution in [0.15, 0.2) is 22.5 Å². The van der Waals surface area contributed by atoms with Crippen molar-refractivity contribution in [3.05, 3.63) is 22.4 Å². The number of hydrogen-bond acceptors (Lipinski definition) is 3. The van der Waals surface area contributed by atoms with Crippen LogP contribution in [0.3, 0.4) is 0 Å². The smallest absolute Gasteiger partial charge is 0.191 e. The van der Waals surface area contributed by atoms with Crippen molar-refractivity contribution in [1.29, 1.82) is 0 Å². The Balaban J connectivity index is 2.16. The van der Waals surface area contributed by atoms with Gasteiger partial charge in [0.1, 0.15) is 0 Å². The zero-order chi connectivity index (χ0) is 15.3. The molecule has 0 aliphatic heterocycles. The number of hydrogen-bond donors (Lipinski definition) is 2. The van der Waals surface area contributed by atoms with Crippen LogP contribution in [0.5, 0.6) is 0 Å². The third kappa shape index (κ3) is 8.07. The Hall–Kier alpha value is -1.07. The zero-order valence-corrected chi connectivity index (χ0v) is 14.5. The molecule has 0 unspecified atom stereocenters. The number of nitrogens with one attached hydrogen (secondary N) is 2. The second-order valence-electron chi connectivity index (χ2n) is 5.13. The van der Waals surface area contributed by atoms with Gasteiger partial charge >= 0.3 is 0 Å². The summed E-state index contributed by atoms with van der Waals surface area (Å²) in [7, 11) is 1.82. The van der Waals surface area contributed by atoms with E-state index in [1.165, 1.54) is 30.8 Å². The SMILES string of the molecule is CCCN(CCC)CCCNC(=NC)NCc1cccs1. The summed E-state index contributed by atoms with van der Waals surface area (Å²) in [6.07, 6.45) is 3.62. The van der Waals surface area contributed by atoms with Gasteiger partial charge in [-0.2, -0.15) is 0 Å². The quantitative estimate of drug-likeness (QED) is 0.396. The minimum atomic E-state index is 0.842. The number of nitrogens with zero attached hydrogens (tertiary/aromatic N) is 2. The molecule has 0 saturated heterocycles. The summed E-state index contributed by atoms with van der Waals surface area (Å²) in [6, 6.07) is 4.21. The van der Waals surface area contributed by atoms with Gasteiger partial charge in [-0.1, -0.05) is 19.9 Å². The number of thiophene rings is 1. The molecule has 0 aliphatic rings. The average molecular weight is 311 g/mol. The van der Waals surface area contributed by atoms with Crippen LogP contribution in [0.1, 0.15) is 38.0 Å². The lowest BCUT2D eigenvalue weighted by molar-refractivity contribution is 0.271. The highest BCUT2D eigenvalue weighted by Gasteiger charge is 2.03. The van der Waals surface area contributed by atoms with E-state index in [4.69, 9.17) is 0 Å². The van der Waals surface area contributed by atoms with Crippen LogP contribution in [0.4, 0.5) is 0 Å². The summed E-state index contributed by atoms with van der Waals surface area (Å²) in [5, 5.41) is 8.83. The fraction of sp³-hybridized carbons (Fsp3) is 0.688. The van der Waals surface area contributed by atoms with Crippen LogP contribution in [0, 0.1) is 0 Å². The highest BCUT2D eigenvalue weighted by Crippen LogP contribution is 2.07. The molecule has 0 saturated carbocycles. The molecule has 0 atom stereocenters. The average Bonchev–Trinajstić information content (AvgIpc) is 3.00. The summed E-state index contributed by atoms with van der Waals surface area (Å²) in [4.78, 5) is 8.14. The lowest BCUT2D eigenvalue weighted by Crippen LogP contribution is -2.38. The zero-order valence-electron chi connectivity index (χ0n) is 13.7. The summed E-state index contributed by atoms with van der Waals surface area (Å²) >= 11 is 1.77. The molecule has 1 aromatic heterocycles. The van der Waals surface area contributed by atoms with Gasteiger partial charge in [0.15, 0.2) is 5.96 Å². The topological polar surface area (TPSA) is 39.7 Å². The molecule has 2 N–H and O–H groups in total. The Morgan fingerprint density at radius 1 is 1.19 bits per heavy atom. The third-order valence-corrected chi connectivity index (χ3v) is 4.13. The van der Waals surface area contributed by atoms with Crippen molar-refractivity contribution >= 4 is 17.3 Å². The summed E-state index contributed by atoms with van der Waals surface area (Å²) < 4.78 is 0. The molecule has 21 heavy (non-hydrogen) atoms. The van der Waals surface area contributed by atoms with E-state index in [0.717, 1.165) is 32.0 Å². The first-order chi connectivity index (χ1) is 10.3. The van der Waals surface area contributed by atoms with Crippen molar-refractivity contribution in [2.24, 2.45) is 4.99 Å². The lowest BCUT2D eigenvalue weighted by Gasteiger charge is -2.21. The van der Waals surface area contributed by atoms with Gasteiger partial charge in [0.25, 0.3) is 0 Å². The number of aliphatic imine (C=N–C) groups is 1. The molecule has 1 heterocycles. The Labute approximate surface area is 133 Å². The van der Waals surface area contributed by atoms with Crippen LogP contribution >= 0.6 is 11.3 Å². The Kier molecular flexibility index (Phi) is 9.91. The second-order valence-corrected chi connectivity index (χ2v) is 6.16. The minimum Gasteiger partial charge on any atom is -0.356 e. The van der Waals surface area contributed by atoms with Crippen LogP contribution in [0.25, 0.3) is 0 Å². The molecule has 1 aromatic rings. The molecule has 0 fully saturated rings. The maximum absolute atomic E-state index is 4.26. The normalized spacial score (nSPS) is 11.9. The molecular formula is C16H30N4S. The molecule has 0 aliphatic carbocycles. The van der Waals surface area contributed by atoms with Crippen LogP contribution < -0.4 is 10.6 Å². The van der Waals surface area contributed by atoms with Crippen molar-refractivity contribution in [2.45, 2.75) is 39.7 Å². The summed E-state index contributed by atoms with van der Waals surface area (Å²) in [5.41, 5.74) is 0. The van der Waals surface area contributed by atoms with E-state index in [-0.39, 0.29) is 0 Å². The monoisotopic (exact) mass is 310 g/mol. The van der Waals surface area contributed by atoms with Crippen LogP contribution in [0.2, 0.25) is 0 Å². The minimum absolute atomic E-state index is 0.842. The van der Waals surface area contributed by atoms with E-state index in [1.54, 1.807) is 11.3 Å². The summed E-state index contributed by atoms with van der Waals surface area (Å²) in [6.45, 7) is 9.88. The molecule has 120 valence electrons. The highest BCUT2D eigenvalue weighted by atomic mass is 32.1. The molecule has 0 radical (unpaired) electrons.